The highest BCUT2D eigenvalue weighted by Gasteiger charge is 2.34. The summed E-state index contributed by atoms with van der Waals surface area (Å²) in [5.74, 6) is 0. The lowest BCUT2D eigenvalue weighted by Crippen LogP contribution is -2.48. The SMILES string of the molecule is Cc1nn(CN2CCN(c3ccc(C(F)(F)F)cc3[N+](=O)[O-])CC2)c(=O)c2ccccc12. The highest BCUT2D eigenvalue weighted by molar-refractivity contribution is 5.83. The zero-order valence-electron chi connectivity index (χ0n) is 17.2. The number of alkyl halides is 3. The molecule has 1 fully saturated rings. The van der Waals surface area contributed by atoms with Crippen LogP contribution in [0.4, 0.5) is 24.5 Å². The van der Waals surface area contributed by atoms with Crippen molar-refractivity contribution in [2.24, 2.45) is 0 Å². The number of nitrogens with zero attached hydrogens (tertiary/aromatic N) is 5. The molecule has 1 aliphatic rings. The summed E-state index contributed by atoms with van der Waals surface area (Å²) in [5.41, 5.74) is -0.939. The first-order valence-corrected chi connectivity index (χ1v) is 9.94. The number of hydrogen-bond donors (Lipinski definition) is 0. The topological polar surface area (TPSA) is 84.5 Å². The van der Waals surface area contributed by atoms with E-state index in [9.17, 15) is 28.1 Å². The van der Waals surface area contributed by atoms with Crippen molar-refractivity contribution in [2.75, 3.05) is 31.1 Å². The van der Waals surface area contributed by atoms with Crippen LogP contribution in [-0.2, 0) is 12.8 Å². The van der Waals surface area contributed by atoms with Crippen molar-refractivity contribution in [1.82, 2.24) is 14.7 Å². The molecule has 0 bridgehead atoms. The number of anilines is 1. The predicted molar refractivity (Wildman–Crippen MR) is 113 cm³/mol. The van der Waals surface area contributed by atoms with Crippen LogP contribution in [0.2, 0.25) is 0 Å². The van der Waals surface area contributed by atoms with Gasteiger partial charge in [0, 0.05) is 37.6 Å². The van der Waals surface area contributed by atoms with E-state index in [1.54, 1.807) is 17.0 Å². The molecule has 168 valence electrons. The molecule has 0 spiro atoms. The van der Waals surface area contributed by atoms with Crippen LogP contribution < -0.4 is 10.5 Å². The molecule has 0 amide bonds. The van der Waals surface area contributed by atoms with Crippen molar-refractivity contribution in [1.29, 1.82) is 0 Å². The molecule has 8 nitrogen and oxygen atoms in total. The molecule has 32 heavy (non-hydrogen) atoms. The second-order valence-electron chi connectivity index (χ2n) is 7.64. The molecule has 2 aromatic carbocycles. The third-order valence-electron chi connectivity index (χ3n) is 5.60. The molecule has 0 N–H and O–H groups in total. The lowest BCUT2D eigenvalue weighted by atomic mass is 10.1. The fraction of sp³-hybridized carbons (Fsp3) is 0.333. The minimum absolute atomic E-state index is 0.152. The van der Waals surface area contributed by atoms with Crippen molar-refractivity contribution < 1.29 is 18.1 Å². The average molecular weight is 447 g/mol. The van der Waals surface area contributed by atoms with Gasteiger partial charge in [-0.3, -0.25) is 19.8 Å². The normalized spacial score (nSPS) is 15.3. The Morgan fingerprint density at radius 3 is 2.34 bits per heavy atom. The number of rotatable bonds is 4. The van der Waals surface area contributed by atoms with E-state index >= 15 is 0 Å². The van der Waals surface area contributed by atoms with Crippen LogP contribution in [-0.4, -0.2) is 45.8 Å². The smallest absolute Gasteiger partial charge is 0.363 e. The fourth-order valence-electron chi connectivity index (χ4n) is 3.93. The van der Waals surface area contributed by atoms with E-state index < -0.39 is 22.4 Å². The number of hydrogen-bond acceptors (Lipinski definition) is 6. The summed E-state index contributed by atoms with van der Waals surface area (Å²) >= 11 is 0. The molecular weight excluding hydrogens is 427 g/mol. The number of nitro groups is 1. The first-order chi connectivity index (χ1) is 15.1. The van der Waals surface area contributed by atoms with Gasteiger partial charge < -0.3 is 4.90 Å². The van der Waals surface area contributed by atoms with Crippen molar-refractivity contribution >= 4 is 22.1 Å². The Hall–Kier alpha value is -3.47. The molecule has 11 heteroatoms. The second kappa shape index (κ2) is 8.23. The zero-order chi connectivity index (χ0) is 23.0. The molecule has 1 aromatic heterocycles. The van der Waals surface area contributed by atoms with Crippen molar-refractivity contribution in [3.05, 3.63) is 74.2 Å². The Labute approximate surface area is 180 Å². The van der Waals surface area contributed by atoms with Gasteiger partial charge in [-0.25, -0.2) is 4.68 Å². The van der Waals surface area contributed by atoms with Crippen LogP contribution in [0.1, 0.15) is 11.3 Å². The van der Waals surface area contributed by atoms with Gasteiger partial charge in [0.15, 0.2) is 0 Å². The molecule has 2 heterocycles. The first kappa shape index (κ1) is 21.8. The van der Waals surface area contributed by atoms with Crippen molar-refractivity contribution in [3.8, 4) is 0 Å². The summed E-state index contributed by atoms with van der Waals surface area (Å²) in [7, 11) is 0. The first-order valence-electron chi connectivity index (χ1n) is 9.94. The average Bonchev–Trinajstić information content (AvgIpc) is 2.77. The van der Waals surface area contributed by atoms with Gasteiger partial charge in [0.1, 0.15) is 5.69 Å². The Morgan fingerprint density at radius 1 is 1.06 bits per heavy atom. The Morgan fingerprint density at radius 2 is 1.72 bits per heavy atom. The minimum atomic E-state index is -4.65. The zero-order valence-corrected chi connectivity index (χ0v) is 17.2. The predicted octanol–water partition coefficient (Wildman–Crippen LogP) is 3.41. The highest BCUT2D eigenvalue weighted by atomic mass is 19.4. The molecule has 0 saturated carbocycles. The minimum Gasteiger partial charge on any atom is -0.363 e. The van der Waals surface area contributed by atoms with E-state index in [1.807, 2.05) is 24.0 Å². The summed E-state index contributed by atoms with van der Waals surface area (Å²) in [4.78, 5) is 27.0. The maximum atomic E-state index is 12.9. The molecule has 0 unspecified atom stereocenters. The largest absolute Gasteiger partial charge is 0.416 e. The maximum Gasteiger partial charge on any atom is 0.416 e. The lowest BCUT2D eigenvalue weighted by molar-refractivity contribution is -0.384. The quantitative estimate of drug-likeness (QED) is 0.450. The molecule has 0 radical (unpaired) electrons. The Balaban J connectivity index is 1.51. The Kier molecular flexibility index (Phi) is 5.59. The number of nitro benzene ring substituents is 1. The van der Waals surface area contributed by atoms with Gasteiger partial charge in [0.05, 0.1) is 28.2 Å². The van der Waals surface area contributed by atoms with Crippen LogP contribution in [0.5, 0.6) is 0 Å². The summed E-state index contributed by atoms with van der Waals surface area (Å²) in [6.07, 6.45) is -4.65. The number of fused-ring (bicyclic) bond motifs is 1. The van der Waals surface area contributed by atoms with Gasteiger partial charge in [0.2, 0.25) is 0 Å². The van der Waals surface area contributed by atoms with Crippen LogP contribution in [0.15, 0.2) is 47.3 Å². The molecule has 1 aliphatic heterocycles. The summed E-state index contributed by atoms with van der Waals surface area (Å²) in [6.45, 7) is 3.77. The van der Waals surface area contributed by atoms with Gasteiger partial charge in [0.25, 0.3) is 11.2 Å². The number of aryl methyl sites for hydroxylation is 1. The molecule has 4 rings (SSSR count). The fourth-order valence-corrected chi connectivity index (χ4v) is 3.93. The van der Waals surface area contributed by atoms with Crippen molar-refractivity contribution in [2.45, 2.75) is 19.8 Å². The van der Waals surface area contributed by atoms with Crippen LogP contribution in [0, 0.1) is 17.0 Å². The number of piperazine rings is 1. The number of benzene rings is 2. The maximum absolute atomic E-state index is 12.9. The van der Waals surface area contributed by atoms with Crippen LogP contribution >= 0.6 is 0 Å². The van der Waals surface area contributed by atoms with Crippen LogP contribution in [0.25, 0.3) is 10.8 Å². The van der Waals surface area contributed by atoms with Gasteiger partial charge in [-0.2, -0.15) is 18.3 Å². The third-order valence-corrected chi connectivity index (χ3v) is 5.60. The number of aromatic nitrogens is 2. The molecular formula is C21H20F3N5O3. The lowest BCUT2D eigenvalue weighted by Gasteiger charge is -2.35. The standard InChI is InChI=1S/C21H20F3N5O3/c1-14-16-4-2-3-5-17(16)20(30)28(25-14)13-26-8-10-27(11-9-26)18-7-6-15(21(22,23)24)12-19(18)29(31)32/h2-7,12H,8-11,13H2,1H3. The van der Waals surface area contributed by atoms with E-state index in [1.165, 1.54) is 4.68 Å². The van der Waals surface area contributed by atoms with Gasteiger partial charge in [-0.1, -0.05) is 18.2 Å². The van der Waals surface area contributed by atoms with Gasteiger partial charge >= 0.3 is 6.18 Å². The number of halogens is 3. The van der Waals surface area contributed by atoms with Gasteiger partial charge in [-0.15, -0.1) is 0 Å². The third kappa shape index (κ3) is 4.15. The van der Waals surface area contributed by atoms with E-state index in [2.05, 4.69) is 5.10 Å². The van der Waals surface area contributed by atoms with Crippen molar-refractivity contribution in [3.63, 3.8) is 0 Å². The summed E-state index contributed by atoms with van der Waals surface area (Å²) < 4.78 is 40.2. The van der Waals surface area contributed by atoms with E-state index in [4.69, 9.17) is 0 Å². The van der Waals surface area contributed by atoms with E-state index in [-0.39, 0.29) is 17.9 Å². The van der Waals surface area contributed by atoms with Crippen LogP contribution in [0.3, 0.4) is 0 Å². The van der Waals surface area contributed by atoms with Gasteiger partial charge in [-0.05, 0) is 25.1 Å². The molecule has 1 saturated heterocycles. The molecule has 3 aromatic rings. The molecule has 0 aliphatic carbocycles. The second-order valence-corrected chi connectivity index (χ2v) is 7.64. The molecule has 0 atom stereocenters. The summed E-state index contributed by atoms with van der Waals surface area (Å²) in [6, 6.07) is 9.82. The highest BCUT2D eigenvalue weighted by Crippen LogP contribution is 2.36. The Bertz CT molecular complexity index is 1230. The monoisotopic (exact) mass is 447 g/mol. The van der Waals surface area contributed by atoms with E-state index in [0.29, 0.717) is 37.6 Å². The van der Waals surface area contributed by atoms with E-state index in [0.717, 1.165) is 23.2 Å². The summed E-state index contributed by atoms with van der Waals surface area (Å²) in [5, 5.41) is 17.2.